The molecule has 0 N–H and O–H groups in total. The quantitative estimate of drug-likeness (QED) is 0.769. The fourth-order valence-corrected chi connectivity index (χ4v) is 2.17. The van der Waals surface area contributed by atoms with E-state index in [9.17, 15) is 4.39 Å². The minimum atomic E-state index is -0.199. The van der Waals surface area contributed by atoms with Crippen LogP contribution in [0.1, 0.15) is 25.5 Å². The first-order valence-corrected chi connectivity index (χ1v) is 5.68. The highest BCUT2D eigenvalue weighted by Crippen LogP contribution is 2.29. The number of benzene rings is 1. The van der Waals surface area contributed by atoms with E-state index in [0.717, 1.165) is 5.56 Å². The highest BCUT2D eigenvalue weighted by molar-refractivity contribution is 5.85. The Labute approximate surface area is 108 Å². The highest BCUT2D eigenvalue weighted by atomic mass is 35.5. The van der Waals surface area contributed by atoms with Crippen LogP contribution in [0, 0.1) is 5.82 Å². The fourth-order valence-electron chi connectivity index (χ4n) is 2.17. The third-order valence-electron chi connectivity index (χ3n) is 3.47. The van der Waals surface area contributed by atoms with E-state index in [4.69, 9.17) is 4.74 Å². The first kappa shape index (κ1) is 14.4. The van der Waals surface area contributed by atoms with Crippen molar-refractivity contribution in [3.63, 3.8) is 0 Å². The number of hydrogen-bond donors (Lipinski definition) is 0. The van der Waals surface area contributed by atoms with Gasteiger partial charge in [-0.15, -0.1) is 12.4 Å². The summed E-state index contributed by atoms with van der Waals surface area (Å²) in [5.41, 5.74) is 0.922. The molecule has 1 saturated heterocycles. The molecule has 0 aromatic heterocycles. The molecule has 1 aliphatic heterocycles. The predicted octanol–water partition coefficient (Wildman–Crippen LogP) is 3.03. The van der Waals surface area contributed by atoms with Gasteiger partial charge in [-0.1, -0.05) is 12.1 Å². The van der Waals surface area contributed by atoms with Crippen LogP contribution in [0.15, 0.2) is 24.3 Å². The third-order valence-corrected chi connectivity index (χ3v) is 3.47. The van der Waals surface area contributed by atoms with Gasteiger partial charge < -0.3 is 4.74 Å². The normalized spacial score (nSPS) is 29.8. The molecule has 0 radical (unpaired) electrons. The summed E-state index contributed by atoms with van der Waals surface area (Å²) < 4.78 is 19.0. The van der Waals surface area contributed by atoms with Crippen molar-refractivity contribution in [2.75, 3.05) is 13.7 Å². The van der Waals surface area contributed by atoms with E-state index in [-0.39, 0.29) is 30.4 Å². The molecule has 96 valence electrons. The third kappa shape index (κ3) is 2.97. The van der Waals surface area contributed by atoms with E-state index in [1.807, 2.05) is 6.07 Å². The van der Waals surface area contributed by atoms with Crippen LogP contribution >= 0.6 is 12.4 Å². The van der Waals surface area contributed by atoms with Gasteiger partial charge in [0.05, 0.1) is 12.7 Å². The number of likely N-dealkylation sites (N-methyl/N-ethyl adjacent to an activating group) is 1. The Morgan fingerprint density at radius 2 is 2.06 bits per heavy atom. The summed E-state index contributed by atoms with van der Waals surface area (Å²) in [4.78, 5) is 2.28. The van der Waals surface area contributed by atoms with Crippen LogP contribution in [-0.2, 0) is 4.74 Å². The minimum Gasteiger partial charge on any atom is -0.370 e. The van der Waals surface area contributed by atoms with E-state index in [0.29, 0.717) is 12.6 Å². The summed E-state index contributed by atoms with van der Waals surface area (Å²) >= 11 is 0. The van der Waals surface area contributed by atoms with Gasteiger partial charge in [0, 0.05) is 12.1 Å². The van der Waals surface area contributed by atoms with Crippen LogP contribution in [-0.4, -0.2) is 30.6 Å². The molecule has 17 heavy (non-hydrogen) atoms. The zero-order valence-corrected chi connectivity index (χ0v) is 11.2. The summed E-state index contributed by atoms with van der Waals surface area (Å²) in [6, 6.07) is 7.37. The lowest BCUT2D eigenvalue weighted by Crippen LogP contribution is -2.48. The second-order valence-corrected chi connectivity index (χ2v) is 4.56. The van der Waals surface area contributed by atoms with Gasteiger partial charge in [-0.2, -0.15) is 0 Å². The predicted molar refractivity (Wildman–Crippen MR) is 69.0 cm³/mol. The van der Waals surface area contributed by atoms with Gasteiger partial charge in [-0.05, 0) is 38.6 Å². The van der Waals surface area contributed by atoms with Crippen molar-refractivity contribution >= 4 is 12.4 Å². The molecule has 0 saturated carbocycles. The lowest BCUT2D eigenvalue weighted by Gasteiger charge is -2.41. The molecule has 0 bridgehead atoms. The Morgan fingerprint density at radius 3 is 2.71 bits per heavy atom. The van der Waals surface area contributed by atoms with Gasteiger partial charge in [0.25, 0.3) is 0 Å². The average Bonchev–Trinajstić information content (AvgIpc) is 2.26. The van der Waals surface area contributed by atoms with Crippen LogP contribution in [0.2, 0.25) is 0 Å². The van der Waals surface area contributed by atoms with Crippen molar-refractivity contribution in [1.29, 1.82) is 0 Å². The van der Waals surface area contributed by atoms with Gasteiger partial charge in [-0.3, -0.25) is 4.90 Å². The number of halogens is 2. The van der Waals surface area contributed by atoms with E-state index in [2.05, 4.69) is 25.8 Å². The van der Waals surface area contributed by atoms with Crippen molar-refractivity contribution in [2.45, 2.75) is 32.0 Å². The maximum absolute atomic E-state index is 13.2. The SMILES string of the molecule is C[C@@H]1CO[C@@H](c2cccc(F)c2)[C@H](C)N1C.Cl. The lowest BCUT2D eigenvalue weighted by atomic mass is 9.99. The van der Waals surface area contributed by atoms with Crippen LogP contribution in [0.5, 0.6) is 0 Å². The fraction of sp³-hybridized carbons (Fsp3) is 0.538. The molecular weight excluding hydrogens is 241 g/mol. The second kappa shape index (κ2) is 5.80. The van der Waals surface area contributed by atoms with Crippen molar-refractivity contribution in [3.05, 3.63) is 35.6 Å². The average molecular weight is 260 g/mol. The first-order chi connectivity index (χ1) is 7.59. The summed E-state index contributed by atoms with van der Waals surface area (Å²) in [6.07, 6.45) is -0.0306. The smallest absolute Gasteiger partial charge is 0.123 e. The Bertz CT molecular complexity index is 374. The maximum Gasteiger partial charge on any atom is 0.123 e. The molecule has 0 amide bonds. The topological polar surface area (TPSA) is 12.5 Å². The molecule has 1 heterocycles. The Hall–Kier alpha value is -0.640. The van der Waals surface area contributed by atoms with Crippen LogP contribution in [0.4, 0.5) is 4.39 Å². The van der Waals surface area contributed by atoms with Crippen molar-refractivity contribution in [1.82, 2.24) is 4.90 Å². The molecule has 1 aromatic carbocycles. The number of rotatable bonds is 1. The zero-order valence-electron chi connectivity index (χ0n) is 10.4. The van der Waals surface area contributed by atoms with Crippen LogP contribution < -0.4 is 0 Å². The molecule has 4 heteroatoms. The summed E-state index contributed by atoms with van der Waals surface area (Å²) in [5, 5.41) is 0. The summed E-state index contributed by atoms with van der Waals surface area (Å²) in [5.74, 6) is -0.199. The molecule has 0 aliphatic carbocycles. The maximum atomic E-state index is 13.2. The van der Waals surface area contributed by atoms with E-state index in [1.165, 1.54) is 6.07 Å². The van der Waals surface area contributed by atoms with Gasteiger partial charge >= 0.3 is 0 Å². The monoisotopic (exact) mass is 259 g/mol. The lowest BCUT2D eigenvalue weighted by molar-refractivity contribution is -0.0853. The van der Waals surface area contributed by atoms with E-state index < -0.39 is 0 Å². The number of morpholine rings is 1. The molecule has 3 atom stereocenters. The molecule has 0 spiro atoms. The van der Waals surface area contributed by atoms with E-state index >= 15 is 0 Å². The van der Waals surface area contributed by atoms with Gasteiger partial charge in [0.15, 0.2) is 0 Å². The molecule has 2 nitrogen and oxygen atoms in total. The second-order valence-electron chi connectivity index (χ2n) is 4.56. The number of hydrogen-bond acceptors (Lipinski definition) is 2. The Kier molecular flexibility index (Phi) is 4.92. The van der Waals surface area contributed by atoms with Gasteiger partial charge in [0.1, 0.15) is 5.82 Å². The van der Waals surface area contributed by atoms with Crippen molar-refractivity contribution in [3.8, 4) is 0 Å². The molecule has 1 aliphatic rings. The van der Waals surface area contributed by atoms with E-state index in [1.54, 1.807) is 12.1 Å². The highest BCUT2D eigenvalue weighted by Gasteiger charge is 2.31. The Morgan fingerprint density at radius 1 is 1.35 bits per heavy atom. The van der Waals surface area contributed by atoms with Gasteiger partial charge in [-0.25, -0.2) is 4.39 Å². The number of nitrogens with zero attached hydrogens (tertiary/aromatic N) is 1. The van der Waals surface area contributed by atoms with Crippen LogP contribution in [0.25, 0.3) is 0 Å². The van der Waals surface area contributed by atoms with Gasteiger partial charge in [0.2, 0.25) is 0 Å². The molecule has 1 aromatic rings. The molecule has 2 rings (SSSR count). The van der Waals surface area contributed by atoms with Crippen molar-refractivity contribution < 1.29 is 9.13 Å². The number of ether oxygens (including phenoxy) is 1. The summed E-state index contributed by atoms with van der Waals surface area (Å²) in [6.45, 7) is 4.95. The molecule has 0 unspecified atom stereocenters. The largest absolute Gasteiger partial charge is 0.370 e. The first-order valence-electron chi connectivity index (χ1n) is 5.68. The molecular formula is C13H19ClFNO. The zero-order chi connectivity index (χ0) is 11.7. The van der Waals surface area contributed by atoms with Crippen LogP contribution in [0.3, 0.4) is 0 Å². The summed E-state index contributed by atoms with van der Waals surface area (Å²) in [7, 11) is 2.09. The Balaban J connectivity index is 0.00000144. The minimum absolute atomic E-state index is 0. The molecule has 1 fully saturated rings. The van der Waals surface area contributed by atoms with Crippen molar-refractivity contribution in [2.24, 2.45) is 0 Å². The standard InChI is InChI=1S/C13H18FNO.ClH/c1-9-8-16-13(10(2)15(9)3)11-5-4-6-12(14)7-11;/h4-7,9-10,13H,8H2,1-3H3;1H/t9-,10+,13-;/m1./s1.